The highest BCUT2D eigenvalue weighted by Crippen LogP contribution is 2.28. The summed E-state index contributed by atoms with van der Waals surface area (Å²) >= 11 is 0. The molecule has 0 radical (unpaired) electrons. The minimum atomic E-state index is -4.43. The normalized spacial score (nSPS) is 12.3. The molecule has 4 heteroatoms. The van der Waals surface area contributed by atoms with Crippen molar-refractivity contribution >= 4 is 11.8 Å². The van der Waals surface area contributed by atoms with Gasteiger partial charge in [-0.15, -0.1) is 0 Å². The third kappa shape index (κ3) is 3.88. The Balaban J connectivity index is 2.29. The van der Waals surface area contributed by atoms with Gasteiger partial charge in [0, 0.05) is 5.69 Å². The predicted molar refractivity (Wildman–Crippen MR) is 75.3 cm³/mol. The highest BCUT2D eigenvalue weighted by atomic mass is 19.4. The molecule has 0 fully saturated rings. The number of nitrogens with one attached hydrogen (secondary N) is 1. The minimum absolute atomic E-state index is 0.412. The molecule has 0 amide bonds. The number of hydrogen-bond donors (Lipinski definition) is 1. The Morgan fingerprint density at radius 1 is 0.950 bits per heavy atom. The largest absolute Gasteiger partial charge is 0.431 e. The lowest BCUT2D eigenvalue weighted by molar-refractivity contribution is -0.0893. The molecule has 0 saturated carbocycles. The summed E-state index contributed by atoms with van der Waals surface area (Å²) in [4.78, 5) is 0. The molecule has 0 aliphatic heterocycles. The fourth-order valence-corrected chi connectivity index (χ4v) is 1.70. The van der Waals surface area contributed by atoms with E-state index in [2.05, 4.69) is 5.32 Å². The summed E-state index contributed by atoms with van der Waals surface area (Å²) in [6.45, 7) is 1.88. The molecule has 0 saturated heterocycles. The van der Waals surface area contributed by atoms with Crippen molar-refractivity contribution in [2.24, 2.45) is 0 Å². The topological polar surface area (TPSA) is 12.0 Å². The molecule has 0 aromatic heterocycles. The van der Waals surface area contributed by atoms with E-state index in [1.165, 1.54) is 0 Å². The standard InChI is InChI=1S/C16H14F3N/c1-12-7-9-14(10-8-12)20-15(16(17,18)19)11-13-5-3-2-4-6-13/h2-11,20H,1H3. The maximum Gasteiger partial charge on any atom is 0.431 e. The van der Waals surface area contributed by atoms with Crippen molar-refractivity contribution in [3.63, 3.8) is 0 Å². The maximum atomic E-state index is 13.0. The number of benzene rings is 2. The van der Waals surface area contributed by atoms with E-state index in [0.29, 0.717) is 11.3 Å². The van der Waals surface area contributed by atoms with Gasteiger partial charge in [0.25, 0.3) is 0 Å². The van der Waals surface area contributed by atoms with E-state index in [1.807, 2.05) is 6.92 Å². The van der Waals surface area contributed by atoms with Crippen LogP contribution in [0.4, 0.5) is 18.9 Å². The number of hydrogen-bond acceptors (Lipinski definition) is 1. The van der Waals surface area contributed by atoms with Crippen LogP contribution in [-0.2, 0) is 0 Å². The van der Waals surface area contributed by atoms with Gasteiger partial charge in [-0.25, -0.2) is 0 Å². The van der Waals surface area contributed by atoms with Crippen LogP contribution in [0.2, 0.25) is 0 Å². The summed E-state index contributed by atoms with van der Waals surface area (Å²) in [6, 6.07) is 15.2. The van der Waals surface area contributed by atoms with Crippen LogP contribution >= 0.6 is 0 Å². The Labute approximate surface area is 115 Å². The van der Waals surface area contributed by atoms with Gasteiger partial charge in [0.05, 0.1) is 0 Å². The smallest absolute Gasteiger partial charge is 0.352 e. The van der Waals surface area contributed by atoms with Gasteiger partial charge < -0.3 is 5.32 Å². The number of aryl methyl sites for hydroxylation is 1. The summed E-state index contributed by atoms with van der Waals surface area (Å²) in [5.74, 6) is 0. The average molecular weight is 277 g/mol. The molecule has 2 aromatic rings. The molecule has 0 aliphatic rings. The third-order valence-electron chi connectivity index (χ3n) is 2.75. The molecular formula is C16H14F3N. The van der Waals surface area contributed by atoms with E-state index < -0.39 is 11.9 Å². The molecule has 1 nitrogen and oxygen atoms in total. The first kappa shape index (κ1) is 14.2. The first-order chi connectivity index (χ1) is 9.45. The van der Waals surface area contributed by atoms with Crippen LogP contribution < -0.4 is 5.32 Å². The molecule has 0 heterocycles. The summed E-state index contributed by atoms with van der Waals surface area (Å²) in [5, 5.41) is 2.43. The Kier molecular flexibility index (Phi) is 4.13. The van der Waals surface area contributed by atoms with Crippen LogP contribution in [-0.4, -0.2) is 6.18 Å². The summed E-state index contributed by atoms with van der Waals surface area (Å²) < 4.78 is 39.1. The Bertz CT molecular complexity index is 583. The molecule has 20 heavy (non-hydrogen) atoms. The van der Waals surface area contributed by atoms with Gasteiger partial charge in [-0.05, 0) is 30.7 Å². The summed E-state index contributed by atoms with van der Waals surface area (Å²) in [5.41, 5.74) is 1.12. The van der Waals surface area contributed by atoms with Crippen LogP contribution in [0.25, 0.3) is 6.08 Å². The zero-order valence-corrected chi connectivity index (χ0v) is 10.9. The van der Waals surface area contributed by atoms with Crippen molar-refractivity contribution in [3.05, 3.63) is 71.4 Å². The van der Waals surface area contributed by atoms with Gasteiger partial charge in [0.15, 0.2) is 0 Å². The molecule has 0 bridgehead atoms. The second kappa shape index (κ2) is 5.82. The van der Waals surface area contributed by atoms with Gasteiger partial charge in [0.1, 0.15) is 5.70 Å². The zero-order chi connectivity index (χ0) is 14.6. The van der Waals surface area contributed by atoms with Crippen molar-refractivity contribution in [2.45, 2.75) is 13.1 Å². The monoisotopic (exact) mass is 277 g/mol. The SMILES string of the molecule is Cc1ccc(NC(=Cc2ccccc2)C(F)(F)F)cc1. The van der Waals surface area contributed by atoms with Crippen molar-refractivity contribution < 1.29 is 13.2 Å². The van der Waals surface area contributed by atoms with E-state index in [9.17, 15) is 13.2 Å². The quantitative estimate of drug-likeness (QED) is 0.831. The average Bonchev–Trinajstić information content (AvgIpc) is 2.40. The highest BCUT2D eigenvalue weighted by molar-refractivity contribution is 5.61. The van der Waals surface area contributed by atoms with Crippen LogP contribution in [0.15, 0.2) is 60.3 Å². The molecule has 0 spiro atoms. The second-order valence-corrected chi connectivity index (χ2v) is 4.46. The molecular weight excluding hydrogens is 263 g/mol. The summed E-state index contributed by atoms with van der Waals surface area (Å²) in [6.07, 6.45) is -3.33. The van der Waals surface area contributed by atoms with Gasteiger partial charge in [0.2, 0.25) is 0 Å². The van der Waals surface area contributed by atoms with Crippen LogP contribution in [0, 0.1) is 6.92 Å². The molecule has 0 unspecified atom stereocenters. The fourth-order valence-electron chi connectivity index (χ4n) is 1.70. The summed E-state index contributed by atoms with van der Waals surface area (Å²) in [7, 11) is 0. The predicted octanol–water partition coefficient (Wildman–Crippen LogP) is 5.01. The van der Waals surface area contributed by atoms with Crippen molar-refractivity contribution in [2.75, 3.05) is 5.32 Å². The highest BCUT2D eigenvalue weighted by Gasteiger charge is 2.33. The number of alkyl halides is 3. The first-order valence-electron chi connectivity index (χ1n) is 6.13. The van der Waals surface area contributed by atoms with E-state index >= 15 is 0 Å². The lowest BCUT2D eigenvalue weighted by Crippen LogP contribution is -2.18. The number of anilines is 1. The van der Waals surface area contributed by atoms with Crippen LogP contribution in [0.3, 0.4) is 0 Å². The Morgan fingerprint density at radius 2 is 1.55 bits per heavy atom. The lowest BCUT2D eigenvalue weighted by atomic mass is 10.1. The number of rotatable bonds is 3. The third-order valence-corrected chi connectivity index (χ3v) is 2.75. The zero-order valence-electron chi connectivity index (χ0n) is 10.9. The molecule has 0 aliphatic carbocycles. The van der Waals surface area contributed by atoms with E-state index in [0.717, 1.165) is 11.6 Å². The fraction of sp³-hybridized carbons (Fsp3) is 0.125. The van der Waals surface area contributed by atoms with Crippen LogP contribution in [0.1, 0.15) is 11.1 Å². The van der Waals surface area contributed by atoms with E-state index in [4.69, 9.17) is 0 Å². The van der Waals surface area contributed by atoms with Crippen LogP contribution in [0.5, 0.6) is 0 Å². The van der Waals surface area contributed by atoms with Crippen molar-refractivity contribution in [1.82, 2.24) is 0 Å². The van der Waals surface area contributed by atoms with E-state index in [1.54, 1.807) is 54.6 Å². The van der Waals surface area contributed by atoms with Gasteiger partial charge in [-0.3, -0.25) is 0 Å². The van der Waals surface area contributed by atoms with Gasteiger partial charge >= 0.3 is 6.18 Å². The molecule has 2 aromatic carbocycles. The molecule has 0 atom stereocenters. The Hall–Kier alpha value is -2.23. The lowest BCUT2D eigenvalue weighted by Gasteiger charge is -2.14. The first-order valence-corrected chi connectivity index (χ1v) is 6.13. The number of halogens is 3. The van der Waals surface area contributed by atoms with Crippen molar-refractivity contribution in [3.8, 4) is 0 Å². The van der Waals surface area contributed by atoms with E-state index in [-0.39, 0.29) is 0 Å². The van der Waals surface area contributed by atoms with Crippen molar-refractivity contribution in [1.29, 1.82) is 0 Å². The minimum Gasteiger partial charge on any atom is -0.352 e. The maximum absolute atomic E-state index is 13.0. The molecule has 104 valence electrons. The second-order valence-electron chi connectivity index (χ2n) is 4.46. The van der Waals surface area contributed by atoms with Gasteiger partial charge in [-0.2, -0.15) is 13.2 Å². The Morgan fingerprint density at radius 3 is 2.10 bits per heavy atom. The van der Waals surface area contributed by atoms with Gasteiger partial charge in [-0.1, -0.05) is 48.0 Å². The molecule has 2 rings (SSSR count). The number of allylic oxidation sites excluding steroid dienone is 1. The molecule has 1 N–H and O–H groups in total.